The van der Waals surface area contributed by atoms with E-state index >= 15 is 0 Å². The van der Waals surface area contributed by atoms with Crippen LogP contribution in [0.1, 0.15) is 38.3 Å². The highest BCUT2D eigenvalue weighted by atomic mass is 16.1. The van der Waals surface area contributed by atoms with E-state index in [4.69, 9.17) is 0 Å². The largest absolute Gasteiger partial charge is 0.301 e. The molecule has 0 aromatic carbocycles. The average molecular weight is 330 g/mol. The fourth-order valence-corrected chi connectivity index (χ4v) is 3.15. The Morgan fingerprint density at radius 2 is 1.88 bits per heavy atom. The van der Waals surface area contributed by atoms with Crippen LogP contribution in [-0.4, -0.2) is 49.1 Å². The predicted molar refractivity (Wildman–Crippen MR) is 91.8 cm³/mol. The highest BCUT2D eigenvalue weighted by molar-refractivity contribution is 5.04. The fourth-order valence-electron chi connectivity index (χ4n) is 3.15. The lowest BCUT2D eigenvalue weighted by Crippen LogP contribution is -2.38. The van der Waals surface area contributed by atoms with Gasteiger partial charge in [-0.2, -0.15) is 15.0 Å². The number of hydrogen-bond acceptors (Lipinski definition) is 5. The third-order valence-corrected chi connectivity index (χ3v) is 4.74. The molecule has 1 saturated heterocycles. The molecule has 1 aliphatic rings. The molecule has 2 aromatic heterocycles. The van der Waals surface area contributed by atoms with Crippen molar-refractivity contribution in [2.24, 2.45) is 5.92 Å². The summed E-state index contributed by atoms with van der Waals surface area (Å²) in [4.78, 5) is 20.8. The Morgan fingerprint density at radius 3 is 2.50 bits per heavy atom. The van der Waals surface area contributed by atoms with Crippen molar-refractivity contribution >= 4 is 0 Å². The van der Waals surface area contributed by atoms with Gasteiger partial charge in [-0.1, -0.05) is 13.8 Å². The summed E-state index contributed by atoms with van der Waals surface area (Å²) in [7, 11) is 0. The van der Waals surface area contributed by atoms with Crippen molar-refractivity contribution < 1.29 is 0 Å². The van der Waals surface area contributed by atoms with Crippen molar-refractivity contribution in [3.8, 4) is 0 Å². The first kappa shape index (κ1) is 16.8. The summed E-state index contributed by atoms with van der Waals surface area (Å²) in [5.74, 6) is 0.841. The van der Waals surface area contributed by atoms with E-state index in [0.29, 0.717) is 11.8 Å². The maximum atomic E-state index is 12.2. The standard InChI is InChI=1S/C17H26N6O/c1-14(2)16-11-17(24)22(13-18-16)12-15-3-7-21(8-4-15)9-10-23-19-5-6-20-23/h5-6,11,13-15H,3-4,7-10,12H2,1-2H3. The van der Waals surface area contributed by atoms with E-state index in [2.05, 4.69) is 33.9 Å². The Bertz CT molecular complexity index is 685. The van der Waals surface area contributed by atoms with E-state index < -0.39 is 0 Å². The lowest BCUT2D eigenvalue weighted by Gasteiger charge is -2.31. The van der Waals surface area contributed by atoms with Gasteiger partial charge in [0, 0.05) is 19.2 Å². The Labute approximate surface area is 142 Å². The second-order valence-corrected chi connectivity index (χ2v) is 6.87. The molecule has 130 valence electrons. The molecule has 7 heteroatoms. The second kappa shape index (κ2) is 7.70. The van der Waals surface area contributed by atoms with Gasteiger partial charge in [-0.25, -0.2) is 4.98 Å². The van der Waals surface area contributed by atoms with Crippen LogP contribution in [0.2, 0.25) is 0 Å². The first-order chi connectivity index (χ1) is 11.6. The summed E-state index contributed by atoms with van der Waals surface area (Å²) >= 11 is 0. The molecule has 0 radical (unpaired) electrons. The van der Waals surface area contributed by atoms with Crippen molar-refractivity contribution in [3.05, 3.63) is 40.8 Å². The van der Waals surface area contributed by atoms with Gasteiger partial charge < -0.3 is 4.90 Å². The number of rotatable bonds is 6. The van der Waals surface area contributed by atoms with E-state index in [1.165, 1.54) is 0 Å². The van der Waals surface area contributed by atoms with E-state index in [1.807, 2.05) is 0 Å². The molecule has 0 N–H and O–H groups in total. The van der Waals surface area contributed by atoms with Gasteiger partial charge in [0.2, 0.25) is 0 Å². The zero-order valence-electron chi connectivity index (χ0n) is 14.5. The topological polar surface area (TPSA) is 68.8 Å². The van der Waals surface area contributed by atoms with E-state index in [9.17, 15) is 4.79 Å². The summed E-state index contributed by atoms with van der Waals surface area (Å²) in [6.45, 7) is 8.83. The molecule has 0 bridgehead atoms. The molecule has 24 heavy (non-hydrogen) atoms. The van der Waals surface area contributed by atoms with Crippen LogP contribution in [0, 0.1) is 5.92 Å². The molecule has 2 aromatic rings. The highest BCUT2D eigenvalue weighted by Gasteiger charge is 2.20. The first-order valence-corrected chi connectivity index (χ1v) is 8.74. The zero-order chi connectivity index (χ0) is 16.9. The molecule has 0 amide bonds. The lowest BCUT2D eigenvalue weighted by atomic mass is 9.96. The third kappa shape index (κ3) is 4.29. The molecule has 3 rings (SSSR count). The summed E-state index contributed by atoms with van der Waals surface area (Å²) in [6.07, 6.45) is 7.37. The van der Waals surface area contributed by atoms with Crippen LogP contribution in [0.25, 0.3) is 0 Å². The average Bonchev–Trinajstić information content (AvgIpc) is 3.09. The third-order valence-electron chi connectivity index (χ3n) is 4.74. The molecule has 0 spiro atoms. The van der Waals surface area contributed by atoms with Crippen molar-refractivity contribution in [3.63, 3.8) is 0 Å². The Balaban J connectivity index is 1.47. The molecular formula is C17H26N6O. The van der Waals surface area contributed by atoms with Crippen LogP contribution in [-0.2, 0) is 13.1 Å². The molecule has 0 unspecified atom stereocenters. The van der Waals surface area contributed by atoms with Crippen molar-refractivity contribution in [2.75, 3.05) is 19.6 Å². The number of hydrogen-bond donors (Lipinski definition) is 0. The molecule has 0 saturated carbocycles. The van der Waals surface area contributed by atoms with Crippen LogP contribution >= 0.6 is 0 Å². The van der Waals surface area contributed by atoms with Crippen molar-refractivity contribution in [1.29, 1.82) is 0 Å². The van der Waals surface area contributed by atoms with E-state index in [-0.39, 0.29) is 5.56 Å². The predicted octanol–water partition coefficient (Wildman–Crippen LogP) is 1.37. The maximum Gasteiger partial charge on any atom is 0.253 e. The zero-order valence-corrected chi connectivity index (χ0v) is 14.5. The van der Waals surface area contributed by atoms with Gasteiger partial charge in [0.25, 0.3) is 5.56 Å². The number of nitrogens with zero attached hydrogens (tertiary/aromatic N) is 6. The fraction of sp³-hybridized carbons (Fsp3) is 0.647. The molecule has 7 nitrogen and oxygen atoms in total. The molecule has 0 aliphatic carbocycles. The normalized spacial score (nSPS) is 16.8. The van der Waals surface area contributed by atoms with Crippen LogP contribution in [0.3, 0.4) is 0 Å². The quantitative estimate of drug-likeness (QED) is 0.800. The smallest absolute Gasteiger partial charge is 0.253 e. The van der Waals surface area contributed by atoms with Gasteiger partial charge in [-0.3, -0.25) is 9.36 Å². The van der Waals surface area contributed by atoms with Gasteiger partial charge in [0.15, 0.2) is 0 Å². The minimum Gasteiger partial charge on any atom is -0.301 e. The maximum absolute atomic E-state index is 12.2. The van der Waals surface area contributed by atoms with Crippen LogP contribution in [0.5, 0.6) is 0 Å². The highest BCUT2D eigenvalue weighted by Crippen LogP contribution is 2.18. The molecular weight excluding hydrogens is 304 g/mol. The summed E-state index contributed by atoms with van der Waals surface area (Å²) < 4.78 is 1.76. The number of piperidine rings is 1. The van der Waals surface area contributed by atoms with Crippen molar-refractivity contribution in [2.45, 2.75) is 45.7 Å². The summed E-state index contributed by atoms with van der Waals surface area (Å²) in [5.41, 5.74) is 0.944. The van der Waals surface area contributed by atoms with E-state index in [1.54, 1.807) is 34.2 Å². The SMILES string of the molecule is CC(C)c1cc(=O)n(CC2CCN(CCn3nccn3)CC2)cn1. The lowest BCUT2D eigenvalue weighted by molar-refractivity contribution is 0.164. The Morgan fingerprint density at radius 1 is 1.17 bits per heavy atom. The van der Waals surface area contributed by atoms with Crippen LogP contribution < -0.4 is 5.56 Å². The number of aromatic nitrogens is 5. The second-order valence-electron chi connectivity index (χ2n) is 6.87. The number of likely N-dealkylation sites (tertiary alicyclic amines) is 1. The van der Waals surface area contributed by atoms with Gasteiger partial charge in [0.05, 0.1) is 31.0 Å². The molecule has 3 heterocycles. The van der Waals surface area contributed by atoms with Crippen molar-refractivity contribution in [1.82, 2.24) is 29.4 Å². The minimum absolute atomic E-state index is 0.0703. The monoisotopic (exact) mass is 330 g/mol. The molecule has 1 fully saturated rings. The molecule has 0 atom stereocenters. The van der Waals surface area contributed by atoms with E-state index in [0.717, 1.165) is 51.3 Å². The van der Waals surface area contributed by atoms with Crippen LogP contribution in [0.15, 0.2) is 29.6 Å². The van der Waals surface area contributed by atoms with Crippen LogP contribution in [0.4, 0.5) is 0 Å². The summed E-state index contributed by atoms with van der Waals surface area (Å²) in [6, 6.07) is 1.68. The van der Waals surface area contributed by atoms with Gasteiger partial charge in [-0.15, -0.1) is 0 Å². The molecule has 1 aliphatic heterocycles. The first-order valence-electron chi connectivity index (χ1n) is 8.74. The Hall–Kier alpha value is -2.02. The van der Waals surface area contributed by atoms with Gasteiger partial charge in [0.1, 0.15) is 0 Å². The van der Waals surface area contributed by atoms with Gasteiger partial charge in [-0.05, 0) is 37.8 Å². The minimum atomic E-state index is 0.0703. The summed E-state index contributed by atoms with van der Waals surface area (Å²) in [5, 5.41) is 8.27. The Kier molecular flexibility index (Phi) is 5.40. The van der Waals surface area contributed by atoms with Gasteiger partial charge >= 0.3 is 0 Å².